The Morgan fingerprint density at radius 1 is 1.50 bits per heavy atom. The van der Waals surface area contributed by atoms with E-state index in [2.05, 4.69) is 0 Å². The van der Waals surface area contributed by atoms with E-state index < -0.39 is 6.16 Å². The fourth-order valence-electron chi connectivity index (χ4n) is 0. The average molecular weight is 126 g/mol. The maximum Gasteiger partial charge on any atom is 0.503 e. The standard InChI is InChI=1S/C2H6O.CH2O3.H2O/c1-2-3;2-1(3)4;/h3H,2H2,1H3;(H2,2,3,4);1H2. The van der Waals surface area contributed by atoms with Gasteiger partial charge < -0.3 is 20.8 Å². The summed E-state index contributed by atoms with van der Waals surface area (Å²) in [7, 11) is 0. The van der Waals surface area contributed by atoms with Crippen LogP contribution < -0.4 is 0 Å². The maximum atomic E-state index is 8.56. The lowest BCUT2D eigenvalue weighted by molar-refractivity contribution is 0.137. The smallest absolute Gasteiger partial charge is 0.450 e. The van der Waals surface area contributed by atoms with Gasteiger partial charge >= 0.3 is 6.16 Å². The zero-order chi connectivity index (χ0) is 6.28. The van der Waals surface area contributed by atoms with Gasteiger partial charge in [-0.2, -0.15) is 0 Å². The molecule has 0 unspecified atom stereocenters. The van der Waals surface area contributed by atoms with Crippen molar-refractivity contribution >= 4 is 6.16 Å². The Hall–Kier alpha value is -0.810. The van der Waals surface area contributed by atoms with E-state index in [0.29, 0.717) is 0 Å². The lowest BCUT2D eigenvalue weighted by atomic mass is 10.9. The molecule has 0 aromatic rings. The molecule has 0 fully saturated rings. The monoisotopic (exact) mass is 126 g/mol. The fraction of sp³-hybridized carbons (Fsp3) is 0.667. The van der Waals surface area contributed by atoms with E-state index in [4.69, 9.17) is 20.1 Å². The summed E-state index contributed by atoms with van der Waals surface area (Å²) in [6.07, 6.45) is -1.83. The number of carbonyl (C=O) groups is 1. The van der Waals surface area contributed by atoms with Crippen molar-refractivity contribution in [1.29, 1.82) is 0 Å². The Morgan fingerprint density at radius 2 is 1.50 bits per heavy atom. The van der Waals surface area contributed by atoms with E-state index in [-0.39, 0.29) is 12.1 Å². The summed E-state index contributed by atoms with van der Waals surface area (Å²) in [5, 5.41) is 21.5. The van der Waals surface area contributed by atoms with Gasteiger partial charge in [0.2, 0.25) is 0 Å². The maximum absolute atomic E-state index is 8.56. The molecule has 0 aliphatic heterocycles. The highest BCUT2D eigenvalue weighted by Crippen LogP contribution is 1.42. The van der Waals surface area contributed by atoms with Crippen molar-refractivity contribution in [3.05, 3.63) is 0 Å². The molecule has 5 heteroatoms. The first-order valence-electron chi connectivity index (χ1n) is 1.67. The molecule has 0 atom stereocenters. The minimum absolute atomic E-state index is 0. The first-order valence-corrected chi connectivity index (χ1v) is 1.67. The molecule has 0 aliphatic rings. The highest BCUT2D eigenvalue weighted by atomic mass is 16.6. The van der Waals surface area contributed by atoms with Crippen LogP contribution in [-0.2, 0) is 0 Å². The normalized spacial score (nSPS) is 5.25. The zero-order valence-corrected chi connectivity index (χ0v) is 4.46. The highest BCUT2D eigenvalue weighted by molar-refractivity contribution is 5.53. The van der Waals surface area contributed by atoms with Crippen molar-refractivity contribution in [2.45, 2.75) is 6.92 Å². The predicted octanol–water partition coefficient (Wildman–Crippen LogP) is -0.604. The quantitative estimate of drug-likeness (QED) is 0.402. The molecule has 0 saturated heterocycles. The molecule has 0 bridgehead atoms. The number of carboxylic acid groups (broad SMARTS) is 2. The second kappa shape index (κ2) is 16.4. The minimum atomic E-state index is -1.83. The number of hydrogen-bond donors (Lipinski definition) is 3. The first kappa shape index (κ1) is 15.7. The molecule has 8 heavy (non-hydrogen) atoms. The molecule has 0 spiro atoms. The summed E-state index contributed by atoms with van der Waals surface area (Å²) in [4.78, 5) is 8.56. The Morgan fingerprint density at radius 3 is 1.50 bits per heavy atom. The molecule has 5 nitrogen and oxygen atoms in total. The van der Waals surface area contributed by atoms with Gasteiger partial charge in [0.15, 0.2) is 0 Å². The van der Waals surface area contributed by atoms with E-state index in [0.717, 1.165) is 0 Å². The largest absolute Gasteiger partial charge is 0.503 e. The number of rotatable bonds is 0. The van der Waals surface area contributed by atoms with Gasteiger partial charge in [-0.05, 0) is 6.92 Å². The number of aliphatic hydroxyl groups excluding tert-OH is 1. The average Bonchev–Trinajstić information content (AvgIpc) is 1.33. The number of hydrogen-bond acceptors (Lipinski definition) is 2. The number of aliphatic hydroxyl groups is 1. The van der Waals surface area contributed by atoms with Crippen LogP contribution in [0, 0.1) is 0 Å². The van der Waals surface area contributed by atoms with Crippen LogP contribution in [0.2, 0.25) is 0 Å². The van der Waals surface area contributed by atoms with E-state index in [1.165, 1.54) is 0 Å². The van der Waals surface area contributed by atoms with Gasteiger partial charge in [-0.3, -0.25) is 0 Å². The second-order valence-corrected chi connectivity index (χ2v) is 0.599. The molecule has 0 rings (SSSR count). The molecule has 0 aliphatic carbocycles. The van der Waals surface area contributed by atoms with Gasteiger partial charge in [0.25, 0.3) is 0 Å². The zero-order valence-electron chi connectivity index (χ0n) is 4.46. The molecule has 5 N–H and O–H groups in total. The van der Waals surface area contributed by atoms with E-state index in [1.807, 2.05) is 0 Å². The Bertz CT molecular complexity index is 38.9. The van der Waals surface area contributed by atoms with Crippen LogP contribution >= 0.6 is 0 Å². The van der Waals surface area contributed by atoms with Crippen LogP contribution in [0.25, 0.3) is 0 Å². The van der Waals surface area contributed by atoms with Gasteiger partial charge in [0, 0.05) is 6.61 Å². The molecule has 0 aromatic carbocycles. The van der Waals surface area contributed by atoms with E-state index in [1.54, 1.807) is 6.92 Å². The summed E-state index contributed by atoms with van der Waals surface area (Å²) in [6, 6.07) is 0. The van der Waals surface area contributed by atoms with Crippen molar-refractivity contribution < 1.29 is 25.6 Å². The molecule has 0 aromatic heterocycles. The molecular weight excluding hydrogens is 116 g/mol. The molecular formula is C3H10O5. The van der Waals surface area contributed by atoms with Crippen molar-refractivity contribution in [1.82, 2.24) is 0 Å². The minimum Gasteiger partial charge on any atom is -0.450 e. The summed E-state index contributed by atoms with van der Waals surface area (Å²) >= 11 is 0. The third kappa shape index (κ3) is 139. The van der Waals surface area contributed by atoms with Gasteiger partial charge in [-0.1, -0.05) is 0 Å². The molecule has 0 saturated carbocycles. The Labute approximate surface area is 46.5 Å². The van der Waals surface area contributed by atoms with Gasteiger partial charge in [0.1, 0.15) is 0 Å². The van der Waals surface area contributed by atoms with Crippen LogP contribution in [0.4, 0.5) is 4.79 Å². The highest BCUT2D eigenvalue weighted by Gasteiger charge is 1.70. The van der Waals surface area contributed by atoms with Crippen molar-refractivity contribution in [2.24, 2.45) is 0 Å². The van der Waals surface area contributed by atoms with Gasteiger partial charge in [-0.15, -0.1) is 0 Å². The molecule has 0 radical (unpaired) electrons. The van der Waals surface area contributed by atoms with Crippen LogP contribution in [-0.4, -0.2) is 33.6 Å². The summed E-state index contributed by atoms with van der Waals surface area (Å²) in [6.45, 7) is 1.93. The Kier molecular flexibility index (Phi) is 32.1. The van der Waals surface area contributed by atoms with Gasteiger partial charge in [0.05, 0.1) is 0 Å². The SMILES string of the molecule is CCO.O.O=C(O)O. The summed E-state index contributed by atoms with van der Waals surface area (Å²) in [5.74, 6) is 0. The van der Waals surface area contributed by atoms with Crippen LogP contribution in [0.5, 0.6) is 0 Å². The summed E-state index contributed by atoms with van der Waals surface area (Å²) < 4.78 is 0. The topological polar surface area (TPSA) is 109 Å². The van der Waals surface area contributed by atoms with E-state index in [9.17, 15) is 0 Å². The van der Waals surface area contributed by atoms with Crippen LogP contribution in [0.1, 0.15) is 6.92 Å². The predicted molar refractivity (Wildman–Crippen MR) is 27.0 cm³/mol. The first-order chi connectivity index (χ1) is 3.15. The van der Waals surface area contributed by atoms with Gasteiger partial charge in [-0.25, -0.2) is 4.79 Å². The molecule has 52 valence electrons. The van der Waals surface area contributed by atoms with Crippen LogP contribution in [0.15, 0.2) is 0 Å². The third-order valence-corrected chi connectivity index (χ3v) is 0. The van der Waals surface area contributed by atoms with Crippen molar-refractivity contribution in [3.8, 4) is 0 Å². The molecule has 0 amide bonds. The van der Waals surface area contributed by atoms with Crippen LogP contribution in [0.3, 0.4) is 0 Å². The second-order valence-electron chi connectivity index (χ2n) is 0.599. The fourth-order valence-corrected chi connectivity index (χ4v) is 0. The molecule has 0 heterocycles. The lowest BCUT2D eigenvalue weighted by Crippen LogP contribution is -1.81. The summed E-state index contributed by atoms with van der Waals surface area (Å²) in [5.41, 5.74) is 0. The third-order valence-electron chi connectivity index (χ3n) is 0. The van der Waals surface area contributed by atoms with E-state index >= 15 is 0 Å². The van der Waals surface area contributed by atoms with Crippen molar-refractivity contribution in [3.63, 3.8) is 0 Å². The van der Waals surface area contributed by atoms with Crippen molar-refractivity contribution in [2.75, 3.05) is 6.61 Å². The Balaban J connectivity index is -0.0000000575. The lowest BCUT2D eigenvalue weighted by Gasteiger charge is -1.60.